The summed E-state index contributed by atoms with van der Waals surface area (Å²) >= 11 is 0. The molecular weight excluding hydrogens is 242 g/mol. The summed E-state index contributed by atoms with van der Waals surface area (Å²) in [6.45, 7) is 3.81. The first-order valence-electron chi connectivity index (χ1n) is 5.89. The fraction of sp³-hybridized carbons (Fsp3) is 0.308. The van der Waals surface area contributed by atoms with Gasteiger partial charge in [0.15, 0.2) is 0 Å². The van der Waals surface area contributed by atoms with E-state index in [4.69, 9.17) is 16.4 Å². The highest BCUT2D eigenvalue weighted by molar-refractivity contribution is 5.85. The van der Waals surface area contributed by atoms with Crippen molar-refractivity contribution in [2.45, 2.75) is 19.9 Å². The first-order valence-corrected chi connectivity index (χ1v) is 5.89. The Morgan fingerprint density at radius 1 is 1.47 bits per heavy atom. The number of nitriles is 1. The number of hydrogen-bond acceptors (Lipinski definition) is 6. The minimum Gasteiger partial charge on any atom is -0.495 e. The number of nitrogens with zero attached hydrogens (tertiary/aromatic N) is 2. The Morgan fingerprint density at radius 3 is 2.68 bits per heavy atom. The molecule has 6 nitrogen and oxygen atoms in total. The quantitative estimate of drug-likeness (QED) is 0.549. The van der Waals surface area contributed by atoms with Crippen LogP contribution in [0, 0.1) is 11.3 Å². The van der Waals surface area contributed by atoms with Gasteiger partial charge in [0, 0.05) is 11.3 Å². The van der Waals surface area contributed by atoms with Crippen molar-refractivity contribution in [2.24, 2.45) is 11.7 Å². The van der Waals surface area contributed by atoms with E-state index >= 15 is 0 Å². The molecule has 0 bridgehead atoms. The summed E-state index contributed by atoms with van der Waals surface area (Å²) in [7, 11) is 1.57. The van der Waals surface area contributed by atoms with E-state index < -0.39 is 0 Å². The molecule has 2 rings (SSSR count). The maximum atomic E-state index is 9.33. The first kappa shape index (κ1) is 13.2. The van der Waals surface area contributed by atoms with E-state index in [0.29, 0.717) is 17.0 Å². The molecule has 0 saturated heterocycles. The van der Waals surface area contributed by atoms with Crippen molar-refractivity contribution in [1.29, 1.82) is 5.26 Å². The van der Waals surface area contributed by atoms with Crippen LogP contribution in [-0.2, 0) is 0 Å². The average molecular weight is 259 g/mol. The van der Waals surface area contributed by atoms with Gasteiger partial charge >= 0.3 is 0 Å². The fourth-order valence-corrected chi connectivity index (χ4v) is 2.34. The molecule has 5 N–H and O–H groups in total. The van der Waals surface area contributed by atoms with Crippen LogP contribution in [0.1, 0.15) is 31.0 Å². The zero-order chi connectivity index (χ0) is 14.2. The van der Waals surface area contributed by atoms with Crippen molar-refractivity contribution in [3.8, 4) is 11.8 Å². The van der Waals surface area contributed by atoms with Crippen LogP contribution in [0.25, 0.3) is 5.57 Å². The Labute approximate surface area is 112 Å². The van der Waals surface area contributed by atoms with Gasteiger partial charge in [-0.3, -0.25) is 5.84 Å². The number of methoxy groups -OCH3 is 1. The molecule has 0 spiro atoms. The number of hydrazine groups is 2. The summed E-state index contributed by atoms with van der Waals surface area (Å²) in [5, 5.41) is 10.9. The molecule has 0 aromatic heterocycles. The molecule has 0 amide bonds. The second-order valence-electron chi connectivity index (χ2n) is 4.44. The van der Waals surface area contributed by atoms with E-state index in [-0.39, 0.29) is 6.04 Å². The topological polar surface area (TPSA) is 100 Å². The maximum Gasteiger partial charge on any atom is 0.143 e. The summed E-state index contributed by atoms with van der Waals surface area (Å²) in [6.07, 6.45) is 0. The number of fused-ring (bicyclic) bond motifs is 1. The van der Waals surface area contributed by atoms with Gasteiger partial charge in [-0.15, -0.1) is 0 Å². The van der Waals surface area contributed by atoms with Gasteiger partial charge in [-0.05, 0) is 31.5 Å². The molecule has 1 aliphatic heterocycles. The van der Waals surface area contributed by atoms with E-state index in [1.54, 1.807) is 12.1 Å². The standard InChI is InChI=1S/C13H17N5O/c1-7-9-5-13(19-3)12(17-15)4-10(9)11(6-14)8(2)18(7)16/h4-5,7,17H,15-16H2,1-3H3. The molecule has 19 heavy (non-hydrogen) atoms. The van der Waals surface area contributed by atoms with E-state index in [9.17, 15) is 5.26 Å². The first-order chi connectivity index (χ1) is 9.04. The van der Waals surface area contributed by atoms with Crippen LogP contribution in [0.3, 0.4) is 0 Å². The van der Waals surface area contributed by atoms with Crippen molar-refractivity contribution in [2.75, 3.05) is 12.5 Å². The zero-order valence-electron chi connectivity index (χ0n) is 11.2. The molecule has 1 aromatic rings. The van der Waals surface area contributed by atoms with E-state index in [1.807, 2.05) is 26.0 Å². The molecule has 0 radical (unpaired) electrons. The Bertz CT molecular complexity index is 587. The van der Waals surface area contributed by atoms with E-state index in [0.717, 1.165) is 16.8 Å². The lowest BCUT2D eigenvalue weighted by atomic mass is 9.90. The second kappa shape index (κ2) is 4.80. The number of benzene rings is 1. The molecule has 0 saturated carbocycles. The number of ether oxygens (including phenoxy) is 1. The number of allylic oxidation sites excluding steroid dienone is 2. The molecule has 100 valence electrons. The van der Waals surface area contributed by atoms with Crippen molar-refractivity contribution in [1.82, 2.24) is 5.01 Å². The number of nitrogen functional groups attached to an aromatic ring is 1. The van der Waals surface area contributed by atoms with Crippen molar-refractivity contribution >= 4 is 11.3 Å². The van der Waals surface area contributed by atoms with Crippen LogP contribution in [0.2, 0.25) is 0 Å². The molecule has 1 atom stereocenters. The van der Waals surface area contributed by atoms with Gasteiger partial charge in [-0.1, -0.05) is 0 Å². The van der Waals surface area contributed by atoms with Crippen molar-refractivity contribution < 1.29 is 4.74 Å². The molecule has 0 aliphatic carbocycles. The van der Waals surface area contributed by atoms with Crippen LogP contribution in [-0.4, -0.2) is 12.1 Å². The van der Waals surface area contributed by atoms with Gasteiger partial charge in [0.25, 0.3) is 0 Å². The largest absolute Gasteiger partial charge is 0.495 e. The third-order valence-electron chi connectivity index (χ3n) is 3.52. The van der Waals surface area contributed by atoms with E-state index in [2.05, 4.69) is 11.5 Å². The minimum absolute atomic E-state index is 0.0344. The highest BCUT2D eigenvalue weighted by Crippen LogP contribution is 2.41. The van der Waals surface area contributed by atoms with Crippen molar-refractivity contribution in [3.05, 3.63) is 29.0 Å². The lowest BCUT2D eigenvalue weighted by Gasteiger charge is -2.34. The van der Waals surface area contributed by atoms with Crippen LogP contribution in [0.4, 0.5) is 5.69 Å². The average Bonchev–Trinajstić information content (AvgIpc) is 2.44. The SMILES string of the molecule is COc1cc2c(cc1NN)C(C#N)=C(C)N(N)C2C. The highest BCUT2D eigenvalue weighted by Gasteiger charge is 2.28. The van der Waals surface area contributed by atoms with Crippen LogP contribution in [0.5, 0.6) is 5.75 Å². The number of hydrogen-bond donors (Lipinski definition) is 3. The smallest absolute Gasteiger partial charge is 0.143 e. The molecule has 1 aliphatic rings. The van der Waals surface area contributed by atoms with Crippen LogP contribution in [0.15, 0.2) is 17.8 Å². The molecular formula is C13H17N5O. The monoisotopic (exact) mass is 259 g/mol. The minimum atomic E-state index is -0.0344. The van der Waals surface area contributed by atoms with Crippen LogP contribution >= 0.6 is 0 Å². The number of nitrogens with one attached hydrogen (secondary N) is 1. The number of anilines is 1. The Hall–Kier alpha value is -2.23. The van der Waals surface area contributed by atoms with Gasteiger partial charge in [-0.2, -0.15) is 5.26 Å². The normalized spacial score (nSPS) is 17.9. The molecule has 1 heterocycles. The Balaban J connectivity index is 2.74. The zero-order valence-corrected chi connectivity index (χ0v) is 11.2. The third kappa shape index (κ3) is 1.89. The lowest BCUT2D eigenvalue weighted by Crippen LogP contribution is -2.35. The van der Waals surface area contributed by atoms with E-state index in [1.165, 1.54) is 0 Å². The Morgan fingerprint density at radius 2 is 2.16 bits per heavy atom. The summed E-state index contributed by atoms with van der Waals surface area (Å²) < 4.78 is 5.28. The lowest BCUT2D eigenvalue weighted by molar-refractivity contribution is 0.276. The predicted molar refractivity (Wildman–Crippen MR) is 73.5 cm³/mol. The molecule has 6 heteroatoms. The number of rotatable bonds is 2. The van der Waals surface area contributed by atoms with Gasteiger partial charge in [-0.25, -0.2) is 5.84 Å². The molecule has 1 unspecified atom stereocenters. The summed E-state index contributed by atoms with van der Waals surface area (Å²) in [5.74, 6) is 12.1. The van der Waals surface area contributed by atoms with Crippen molar-refractivity contribution in [3.63, 3.8) is 0 Å². The predicted octanol–water partition coefficient (Wildman–Crippen LogP) is 1.49. The molecule has 0 fully saturated rings. The highest BCUT2D eigenvalue weighted by atomic mass is 16.5. The van der Waals surface area contributed by atoms with Gasteiger partial charge in [0.05, 0.1) is 24.4 Å². The van der Waals surface area contributed by atoms with Gasteiger partial charge < -0.3 is 15.2 Å². The second-order valence-corrected chi connectivity index (χ2v) is 4.44. The summed E-state index contributed by atoms with van der Waals surface area (Å²) in [4.78, 5) is 0. The van der Waals surface area contributed by atoms with Gasteiger partial charge in [0.2, 0.25) is 0 Å². The summed E-state index contributed by atoms with van der Waals surface area (Å²) in [6, 6.07) is 5.84. The Kier molecular flexibility index (Phi) is 3.34. The van der Waals surface area contributed by atoms with Crippen LogP contribution < -0.4 is 21.8 Å². The summed E-state index contributed by atoms with van der Waals surface area (Å²) in [5.41, 5.74) is 6.30. The fourth-order valence-electron chi connectivity index (χ4n) is 2.34. The molecule has 1 aromatic carbocycles. The van der Waals surface area contributed by atoms with Gasteiger partial charge in [0.1, 0.15) is 11.8 Å². The third-order valence-corrected chi connectivity index (χ3v) is 3.52. The maximum absolute atomic E-state index is 9.33. The number of nitrogens with two attached hydrogens (primary N) is 2.